The molecule has 0 aromatic heterocycles. The van der Waals surface area contributed by atoms with E-state index in [2.05, 4.69) is 12.2 Å². The van der Waals surface area contributed by atoms with Gasteiger partial charge in [-0.15, -0.1) is 0 Å². The molecule has 4 aliphatic heterocycles. The van der Waals surface area contributed by atoms with Crippen LogP contribution in [0.3, 0.4) is 0 Å². The van der Waals surface area contributed by atoms with Gasteiger partial charge in [0.15, 0.2) is 0 Å². The fourth-order valence-electron chi connectivity index (χ4n) is 7.67. The van der Waals surface area contributed by atoms with Crippen LogP contribution in [0.15, 0.2) is 85.0 Å². The molecule has 8 atom stereocenters. The van der Waals surface area contributed by atoms with E-state index in [0.29, 0.717) is 17.5 Å². The first-order valence-corrected chi connectivity index (χ1v) is 16.6. The summed E-state index contributed by atoms with van der Waals surface area (Å²) in [5, 5.41) is 13.7. The van der Waals surface area contributed by atoms with E-state index in [-0.39, 0.29) is 37.4 Å². The lowest BCUT2D eigenvalue weighted by Crippen LogP contribution is -2.58. The smallest absolute Gasteiger partial charge is 0.313 e. The van der Waals surface area contributed by atoms with Gasteiger partial charge in [0.1, 0.15) is 23.7 Å². The zero-order valence-corrected chi connectivity index (χ0v) is 26.9. The maximum atomic E-state index is 14.9. The molecule has 4 heterocycles. The van der Waals surface area contributed by atoms with E-state index in [1.54, 1.807) is 17.1 Å². The van der Waals surface area contributed by atoms with Crippen molar-refractivity contribution >= 4 is 23.7 Å². The Bertz CT molecular complexity index is 1530. The summed E-state index contributed by atoms with van der Waals surface area (Å²) >= 11 is 0. The van der Waals surface area contributed by atoms with Crippen LogP contribution in [-0.4, -0.2) is 82.1 Å². The van der Waals surface area contributed by atoms with Crippen LogP contribution in [0.5, 0.6) is 0 Å². The fraction of sp³-hybridized carbons (Fsp3) is 0.459. The summed E-state index contributed by atoms with van der Waals surface area (Å²) in [5.41, 5.74) is -0.0563. The first kappa shape index (κ1) is 32.7. The van der Waals surface area contributed by atoms with Crippen molar-refractivity contribution in [2.24, 2.45) is 11.8 Å². The van der Waals surface area contributed by atoms with Gasteiger partial charge in [-0.2, -0.15) is 0 Å². The number of fused-ring (bicyclic) bond motifs is 2. The summed E-state index contributed by atoms with van der Waals surface area (Å²) in [6.07, 6.45) is 7.99. The maximum absolute atomic E-state index is 14.9. The van der Waals surface area contributed by atoms with E-state index in [4.69, 9.17) is 9.47 Å². The number of carbonyl (C=O) groups excluding carboxylic acids is 4. The number of aliphatic hydroxyl groups excluding tert-OH is 1. The number of likely N-dealkylation sites (tertiary alicyclic amines) is 1. The highest BCUT2D eigenvalue weighted by molar-refractivity contribution is 5.99. The topological polar surface area (TPSA) is 125 Å². The van der Waals surface area contributed by atoms with Crippen molar-refractivity contribution in [2.45, 2.75) is 75.5 Å². The van der Waals surface area contributed by atoms with Crippen LogP contribution in [0.25, 0.3) is 0 Å². The van der Waals surface area contributed by atoms with Crippen LogP contribution in [0, 0.1) is 11.8 Å². The summed E-state index contributed by atoms with van der Waals surface area (Å²) in [6.45, 7) is 3.94. The van der Waals surface area contributed by atoms with Gasteiger partial charge < -0.3 is 29.7 Å². The highest BCUT2D eigenvalue weighted by atomic mass is 16.6. The largest absolute Gasteiger partial charge is 0.455 e. The minimum Gasteiger partial charge on any atom is -0.455 e. The molecule has 47 heavy (non-hydrogen) atoms. The van der Waals surface area contributed by atoms with E-state index >= 15 is 0 Å². The van der Waals surface area contributed by atoms with E-state index in [0.717, 1.165) is 12.8 Å². The Kier molecular flexibility index (Phi) is 9.61. The minimum atomic E-state index is -1.43. The first-order valence-electron chi connectivity index (χ1n) is 16.6. The second kappa shape index (κ2) is 13.8. The van der Waals surface area contributed by atoms with Gasteiger partial charge in [-0.3, -0.25) is 19.2 Å². The van der Waals surface area contributed by atoms with E-state index in [9.17, 15) is 24.3 Å². The quantitative estimate of drug-likeness (QED) is 0.350. The molecule has 248 valence electrons. The first-order chi connectivity index (χ1) is 22.8. The average molecular weight is 642 g/mol. The second-order valence-electron chi connectivity index (χ2n) is 12.8. The number of allylic oxidation sites excluding steroid dienone is 1. The van der Waals surface area contributed by atoms with Gasteiger partial charge in [-0.25, -0.2) is 0 Å². The van der Waals surface area contributed by atoms with E-state index < -0.39 is 60.2 Å². The lowest BCUT2D eigenvalue weighted by molar-refractivity contribution is -0.160. The molecule has 2 fully saturated rings. The lowest BCUT2D eigenvalue weighted by atomic mass is 9.74. The molecule has 3 amide bonds. The second-order valence-corrected chi connectivity index (χ2v) is 12.8. The number of rotatable bonds is 7. The van der Waals surface area contributed by atoms with Crippen molar-refractivity contribution in [3.05, 3.63) is 96.1 Å². The van der Waals surface area contributed by atoms with Crippen LogP contribution < -0.4 is 5.32 Å². The molecule has 2 aromatic carbocycles. The molecule has 0 saturated carbocycles. The van der Waals surface area contributed by atoms with Crippen molar-refractivity contribution in [3.63, 3.8) is 0 Å². The Morgan fingerprint density at radius 1 is 1.00 bits per heavy atom. The molecule has 1 spiro atoms. The number of ether oxygens (including phenoxy) is 2. The van der Waals surface area contributed by atoms with Gasteiger partial charge in [0, 0.05) is 19.0 Å². The number of esters is 1. The number of aliphatic hydroxyl groups is 1. The number of carbonyl (C=O) groups is 4. The van der Waals surface area contributed by atoms with Crippen LogP contribution in [0.4, 0.5) is 0 Å². The van der Waals surface area contributed by atoms with E-state index in [1.165, 1.54) is 4.90 Å². The number of nitrogens with one attached hydrogen (secondary N) is 1. The molecule has 2 N–H and O–H groups in total. The molecule has 10 heteroatoms. The van der Waals surface area contributed by atoms with Crippen molar-refractivity contribution in [1.29, 1.82) is 0 Å². The third kappa shape index (κ3) is 6.00. The number of hydrogen-bond acceptors (Lipinski definition) is 7. The normalized spacial score (nSPS) is 31.3. The molecule has 0 radical (unpaired) electrons. The van der Waals surface area contributed by atoms with Gasteiger partial charge in [-0.1, -0.05) is 98.3 Å². The SMILES string of the molecule is CCCC(C)N1C/C=C\CCC(=O)NC[C@H](c2ccccc2)OC(=O)[C@@H]2[C@H]3C(=O)N([C@H](CO)c4ccccc4)[C@H](C1=O)[C@]31C=C[C@H]2O1. The monoisotopic (exact) mass is 641 g/mol. The zero-order chi connectivity index (χ0) is 33.1. The number of nitrogens with zero attached hydrogens (tertiary/aromatic N) is 2. The van der Waals surface area contributed by atoms with Gasteiger partial charge >= 0.3 is 5.97 Å². The standard InChI is InChI=1S/C37H43N3O7/c1-3-13-24(2)39-21-12-6-11-18-30(42)38-22-29(26-16-9-5-10-17-26)46-36(45)31-28-19-20-37(47-28)32(31)34(43)40(33(37)35(39)44)27(23-41)25-14-7-4-8-15-25/h4-10,12,14-17,19-20,24,27-29,31-33,41H,3,11,13,18,21-23H2,1-2H3,(H,38,42)/b12-6-/t24?,27-,28-,29-,31+,32+,33-,37+/m1/s1. The van der Waals surface area contributed by atoms with Crippen molar-refractivity contribution in [3.8, 4) is 0 Å². The number of cyclic esters (lactones) is 1. The van der Waals surface area contributed by atoms with Crippen LogP contribution in [-0.2, 0) is 28.7 Å². The Hall–Kier alpha value is -4.28. The third-order valence-electron chi connectivity index (χ3n) is 9.95. The predicted octanol–water partition coefficient (Wildman–Crippen LogP) is 3.64. The molecule has 2 saturated heterocycles. The van der Waals surface area contributed by atoms with Crippen molar-refractivity contribution in [2.75, 3.05) is 19.7 Å². The molecule has 2 aromatic rings. The van der Waals surface area contributed by atoms with Crippen molar-refractivity contribution in [1.82, 2.24) is 15.1 Å². The molecule has 10 nitrogen and oxygen atoms in total. The van der Waals surface area contributed by atoms with Gasteiger partial charge in [0.25, 0.3) is 0 Å². The Labute approximate surface area is 275 Å². The van der Waals surface area contributed by atoms with E-state index in [1.807, 2.05) is 79.7 Å². The number of amides is 3. The summed E-state index contributed by atoms with van der Waals surface area (Å²) in [7, 11) is 0. The summed E-state index contributed by atoms with van der Waals surface area (Å²) in [6, 6.07) is 16.1. The van der Waals surface area contributed by atoms with Crippen LogP contribution in [0.1, 0.15) is 62.8 Å². The van der Waals surface area contributed by atoms with Gasteiger partial charge in [-0.05, 0) is 30.9 Å². The zero-order valence-electron chi connectivity index (χ0n) is 26.9. The highest BCUT2D eigenvalue weighted by Crippen LogP contribution is 2.57. The number of hydrogen-bond donors (Lipinski definition) is 2. The summed E-state index contributed by atoms with van der Waals surface area (Å²) in [5.74, 6) is -3.65. The lowest BCUT2D eigenvalue weighted by Gasteiger charge is -2.40. The van der Waals surface area contributed by atoms with Gasteiger partial charge in [0.05, 0.1) is 31.2 Å². The Morgan fingerprint density at radius 2 is 1.72 bits per heavy atom. The molecule has 1 unspecified atom stereocenters. The molecule has 6 rings (SSSR count). The predicted molar refractivity (Wildman–Crippen MR) is 173 cm³/mol. The Morgan fingerprint density at radius 3 is 2.43 bits per heavy atom. The highest BCUT2D eigenvalue weighted by Gasteiger charge is 2.74. The fourth-order valence-corrected chi connectivity index (χ4v) is 7.67. The third-order valence-corrected chi connectivity index (χ3v) is 9.95. The van der Waals surface area contributed by atoms with Gasteiger partial charge in [0.2, 0.25) is 17.7 Å². The number of benzene rings is 2. The minimum absolute atomic E-state index is 0.0618. The van der Waals surface area contributed by atoms with Crippen molar-refractivity contribution < 1.29 is 33.8 Å². The van der Waals surface area contributed by atoms with Crippen LogP contribution in [0.2, 0.25) is 0 Å². The molecule has 5 bridgehead atoms. The summed E-state index contributed by atoms with van der Waals surface area (Å²) < 4.78 is 12.7. The van der Waals surface area contributed by atoms with Crippen LogP contribution >= 0.6 is 0 Å². The summed E-state index contributed by atoms with van der Waals surface area (Å²) in [4.78, 5) is 59.8. The Balaban J connectivity index is 1.46. The molecular weight excluding hydrogens is 598 g/mol. The molecular formula is C37H43N3O7. The molecule has 4 aliphatic rings. The average Bonchev–Trinajstić information content (AvgIpc) is 3.73. The maximum Gasteiger partial charge on any atom is 0.313 e. The molecule has 0 aliphatic carbocycles.